The van der Waals surface area contributed by atoms with Gasteiger partial charge in [0, 0.05) is 12.1 Å². The summed E-state index contributed by atoms with van der Waals surface area (Å²) in [7, 11) is 0. The van der Waals surface area contributed by atoms with Crippen molar-refractivity contribution in [3.63, 3.8) is 0 Å². The first-order valence-corrected chi connectivity index (χ1v) is 5.68. The van der Waals surface area contributed by atoms with Gasteiger partial charge in [0.2, 0.25) is 0 Å². The van der Waals surface area contributed by atoms with E-state index < -0.39 is 0 Å². The lowest BCUT2D eigenvalue weighted by Gasteiger charge is -2.21. The summed E-state index contributed by atoms with van der Waals surface area (Å²) in [5.74, 6) is -0.169. The summed E-state index contributed by atoms with van der Waals surface area (Å²) in [6.07, 6.45) is 2.13. The van der Waals surface area contributed by atoms with Crippen molar-refractivity contribution >= 4 is 0 Å². The molecular weight excluding hydrogens is 189 g/mol. The zero-order valence-electron chi connectivity index (χ0n) is 9.76. The molecule has 0 saturated carbocycles. The van der Waals surface area contributed by atoms with E-state index in [9.17, 15) is 4.39 Å². The van der Waals surface area contributed by atoms with E-state index in [0.29, 0.717) is 12.1 Å². The zero-order valence-corrected chi connectivity index (χ0v) is 9.76. The molecule has 1 rings (SSSR count). The Bertz CT molecular complexity index is 281. The van der Waals surface area contributed by atoms with Gasteiger partial charge in [-0.25, -0.2) is 4.39 Å². The van der Waals surface area contributed by atoms with Crippen molar-refractivity contribution < 1.29 is 4.39 Å². The quantitative estimate of drug-likeness (QED) is 0.780. The molecule has 0 saturated heterocycles. The SMILES string of the molecule is CC[C@@H](C)N[C@H](CC)c1ccc(F)cc1. The summed E-state index contributed by atoms with van der Waals surface area (Å²) in [5.41, 5.74) is 1.17. The minimum Gasteiger partial charge on any atom is -0.307 e. The molecule has 0 spiro atoms. The van der Waals surface area contributed by atoms with E-state index in [0.717, 1.165) is 12.8 Å². The highest BCUT2D eigenvalue weighted by atomic mass is 19.1. The predicted molar refractivity (Wildman–Crippen MR) is 62.3 cm³/mol. The van der Waals surface area contributed by atoms with Crippen molar-refractivity contribution in [1.82, 2.24) is 5.32 Å². The molecule has 0 aliphatic carbocycles. The van der Waals surface area contributed by atoms with Gasteiger partial charge >= 0.3 is 0 Å². The van der Waals surface area contributed by atoms with Gasteiger partial charge in [0.15, 0.2) is 0 Å². The normalized spacial score (nSPS) is 14.9. The van der Waals surface area contributed by atoms with Gasteiger partial charge in [-0.1, -0.05) is 26.0 Å². The lowest BCUT2D eigenvalue weighted by atomic mass is 10.0. The average molecular weight is 209 g/mol. The number of hydrogen-bond acceptors (Lipinski definition) is 1. The fraction of sp³-hybridized carbons (Fsp3) is 0.538. The second-order valence-corrected chi connectivity index (χ2v) is 3.99. The van der Waals surface area contributed by atoms with Crippen LogP contribution in [0, 0.1) is 5.82 Å². The smallest absolute Gasteiger partial charge is 0.123 e. The van der Waals surface area contributed by atoms with Crippen molar-refractivity contribution in [1.29, 1.82) is 0 Å². The third kappa shape index (κ3) is 3.63. The van der Waals surface area contributed by atoms with E-state index in [-0.39, 0.29) is 5.82 Å². The zero-order chi connectivity index (χ0) is 11.3. The lowest BCUT2D eigenvalue weighted by Crippen LogP contribution is -2.29. The molecule has 0 aliphatic rings. The Labute approximate surface area is 91.7 Å². The fourth-order valence-corrected chi connectivity index (χ4v) is 1.61. The molecule has 0 amide bonds. The molecular formula is C13H20FN. The molecule has 2 heteroatoms. The first kappa shape index (κ1) is 12.2. The van der Waals surface area contributed by atoms with Crippen molar-refractivity contribution in [3.8, 4) is 0 Å². The number of benzene rings is 1. The molecule has 1 aromatic carbocycles. The van der Waals surface area contributed by atoms with Gasteiger partial charge in [-0.15, -0.1) is 0 Å². The van der Waals surface area contributed by atoms with Crippen LogP contribution in [0.15, 0.2) is 24.3 Å². The van der Waals surface area contributed by atoms with Crippen LogP contribution in [0.25, 0.3) is 0 Å². The third-order valence-corrected chi connectivity index (χ3v) is 2.78. The van der Waals surface area contributed by atoms with Crippen LogP contribution in [0.2, 0.25) is 0 Å². The minimum absolute atomic E-state index is 0.169. The van der Waals surface area contributed by atoms with Crippen LogP contribution in [0.3, 0.4) is 0 Å². The monoisotopic (exact) mass is 209 g/mol. The van der Waals surface area contributed by atoms with E-state index in [1.807, 2.05) is 12.1 Å². The van der Waals surface area contributed by atoms with Gasteiger partial charge in [0.05, 0.1) is 0 Å². The molecule has 0 radical (unpaired) electrons. The van der Waals surface area contributed by atoms with Crippen LogP contribution < -0.4 is 5.32 Å². The Morgan fingerprint density at radius 3 is 2.20 bits per heavy atom. The summed E-state index contributed by atoms with van der Waals surface area (Å²) >= 11 is 0. The van der Waals surface area contributed by atoms with Crippen LogP contribution in [-0.2, 0) is 0 Å². The van der Waals surface area contributed by atoms with Crippen molar-refractivity contribution in [2.45, 2.75) is 45.7 Å². The molecule has 1 aromatic rings. The topological polar surface area (TPSA) is 12.0 Å². The Morgan fingerprint density at radius 1 is 1.13 bits per heavy atom. The van der Waals surface area contributed by atoms with Crippen LogP contribution >= 0.6 is 0 Å². The molecule has 0 aromatic heterocycles. The van der Waals surface area contributed by atoms with E-state index in [1.54, 1.807) is 0 Å². The Hall–Kier alpha value is -0.890. The van der Waals surface area contributed by atoms with E-state index >= 15 is 0 Å². The van der Waals surface area contributed by atoms with Gasteiger partial charge < -0.3 is 5.32 Å². The van der Waals surface area contributed by atoms with Crippen LogP contribution in [-0.4, -0.2) is 6.04 Å². The minimum atomic E-state index is -0.169. The summed E-state index contributed by atoms with van der Waals surface area (Å²) in [4.78, 5) is 0. The van der Waals surface area contributed by atoms with Gasteiger partial charge in [-0.05, 0) is 37.5 Å². The molecule has 0 fully saturated rings. The van der Waals surface area contributed by atoms with Gasteiger partial charge in [0.25, 0.3) is 0 Å². The third-order valence-electron chi connectivity index (χ3n) is 2.78. The van der Waals surface area contributed by atoms with Gasteiger partial charge in [-0.3, -0.25) is 0 Å². The van der Waals surface area contributed by atoms with Crippen LogP contribution in [0.4, 0.5) is 4.39 Å². The maximum absolute atomic E-state index is 12.8. The molecule has 0 heterocycles. The van der Waals surface area contributed by atoms with Crippen molar-refractivity contribution in [2.24, 2.45) is 0 Å². The molecule has 0 aliphatic heterocycles. The van der Waals surface area contributed by atoms with E-state index in [1.165, 1.54) is 17.7 Å². The molecule has 1 nitrogen and oxygen atoms in total. The Balaban J connectivity index is 2.69. The van der Waals surface area contributed by atoms with Crippen LogP contribution in [0.5, 0.6) is 0 Å². The largest absolute Gasteiger partial charge is 0.307 e. The first-order chi connectivity index (χ1) is 7.17. The summed E-state index contributed by atoms with van der Waals surface area (Å²) in [6.45, 7) is 6.48. The van der Waals surface area contributed by atoms with Gasteiger partial charge in [0.1, 0.15) is 5.82 Å². The predicted octanol–water partition coefficient (Wildman–Crippen LogP) is 3.66. The highest BCUT2D eigenvalue weighted by Gasteiger charge is 2.10. The summed E-state index contributed by atoms with van der Waals surface area (Å²) in [5, 5.41) is 3.53. The summed E-state index contributed by atoms with van der Waals surface area (Å²) < 4.78 is 12.8. The Kier molecular flexibility index (Phi) is 4.76. The number of hydrogen-bond donors (Lipinski definition) is 1. The molecule has 1 N–H and O–H groups in total. The van der Waals surface area contributed by atoms with Crippen molar-refractivity contribution in [2.75, 3.05) is 0 Å². The fourth-order valence-electron chi connectivity index (χ4n) is 1.61. The lowest BCUT2D eigenvalue weighted by molar-refractivity contribution is 0.437. The van der Waals surface area contributed by atoms with E-state index in [2.05, 4.69) is 26.1 Å². The van der Waals surface area contributed by atoms with Crippen molar-refractivity contribution in [3.05, 3.63) is 35.6 Å². The molecule has 2 atom stereocenters. The van der Waals surface area contributed by atoms with E-state index in [4.69, 9.17) is 0 Å². The first-order valence-electron chi connectivity index (χ1n) is 5.68. The highest BCUT2D eigenvalue weighted by molar-refractivity contribution is 5.19. The number of rotatable bonds is 5. The molecule has 15 heavy (non-hydrogen) atoms. The molecule has 0 bridgehead atoms. The average Bonchev–Trinajstić information content (AvgIpc) is 2.27. The second-order valence-electron chi connectivity index (χ2n) is 3.99. The molecule has 84 valence electrons. The maximum Gasteiger partial charge on any atom is 0.123 e. The van der Waals surface area contributed by atoms with Gasteiger partial charge in [-0.2, -0.15) is 0 Å². The summed E-state index contributed by atoms with van der Waals surface area (Å²) in [6, 6.07) is 7.60. The second kappa shape index (κ2) is 5.86. The number of halogens is 1. The van der Waals surface area contributed by atoms with Crippen LogP contribution in [0.1, 0.15) is 45.2 Å². The highest BCUT2D eigenvalue weighted by Crippen LogP contribution is 2.17. The Morgan fingerprint density at radius 2 is 1.73 bits per heavy atom. The molecule has 0 unspecified atom stereocenters. The number of nitrogens with one attached hydrogen (secondary N) is 1. The standard InChI is InChI=1S/C13H20FN/c1-4-10(3)15-13(5-2)11-6-8-12(14)9-7-11/h6-10,13,15H,4-5H2,1-3H3/t10-,13-/m1/s1. The maximum atomic E-state index is 12.8.